The minimum absolute atomic E-state index is 0. The normalized spacial score (nSPS) is 11.0. The van der Waals surface area contributed by atoms with Crippen LogP contribution in [0.3, 0.4) is 0 Å². The first-order valence-electron chi connectivity index (χ1n) is 9.84. The molecular weight excluding hydrogens is 371 g/mol. The van der Waals surface area contributed by atoms with E-state index in [0.29, 0.717) is 9.54 Å². The molecule has 0 bridgehead atoms. The van der Waals surface area contributed by atoms with Crippen molar-refractivity contribution in [1.82, 2.24) is 15.0 Å². The molecule has 0 spiro atoms. The van der Waals surface area contributed by atoms with E-state index in [9.17, 15) is 0 Å². The summed E-state index contributed by atoms with van der Waals surface area (Å²) in [6.07, 6.45) is 10.1. The van der Waals surface area contributed by atoms with Crippen molar-refractivity contribution in [1.29, 1.82) is 0 Å². The third-order valence-corrected chi connectivity index (χ3v) is 4.77. The van der Waals surface area contributed by atoms with Gasteiger partial charge in [-0.3, -0.25) is 0 Å². The van der Waals surface area contributed by atoms with Gasteiger partial charge in [0.2, 0.25) is 10.7 Å². The summed E-state index contributed by atoms with van der Waals surface area (Å²) >= 11 is 10.4. The summed E-state index contributed by atoms with van der Waals surface area (Å²) in [5.74, 6) is 2.41. The van der Waals surface area contributed by atoms with E-state index in [1.165, 1.54) is 51.4 Å². The first-order chi connectivity index (χ1) is 11.9. The Labute approximate surface area is 193 Å². The predicted octanol–water partition coefficient (Wildman–Crippen LogP) is 3.55. The minimum atomic E-state index is 0. The van der Waals surface area contributed by atoms with Gasteiger partial charge in [0, 0.05) is 13.1 Å². The summed E-state index contributed by atoms with van der Waals surface area (Å²) in [6.45, 7) is 11.2. The van der Waals surface area contributed by atoms with Gasteiger partial charge >= 0.3 is 29.6 Å². The number of hydrogen-bond acceptors (Lipinski definition) is 4. The van der Waals surface area contributed by atoms with Gasteiger partial charge in [0.25, 0.3) is 0 Å². The third kappa shape index (κ3) is 12.6. The molecule has 0 saturated heterocycles. The maximum Gasteiger partial charge on any atom is 1.00 e. The van der Waals surface area contributed by atoms with Crippen molar-refractivity contribution >= 4 is 30.4 Å². The van der Waals surface area contributed by atoms with Gasteiger partial charge in [-0.2, -0.15) is 4.98 Å². The number of rotatable bonds is 13. The van der Waals surface area contributed by atoms with E-state index in [-0.39, 0.29) is 31.0 Å². The number of H-pyrrole nitrogens is 2. The van der Waals surface area contributed by atoms with Gasteiger partial charge in [0.05, 0.1) is 0 Å². The Balaban J connectivity index is 0. The molecule has 0 amide bonds. The zero-order valence-corrected chi connectivity index (χ0v) is 21.1. The molecular formula is C19H37N4NaS2. The minimum Gasteiger partial charge on any atom is -1.00 e. The first kappa shape index (κ1) is 26.2. The molecule has 0 aliphatic rings. The summed E-state index contributed by atoms with van der Waals surface area (Å²) in [5, 5.41) is 0. The average molecular weight is 409 g/mol. The molecule has 7 heteroatoms. The van der Waals surface area contributed by atoms with E-state index in [4.69, 9.17) is 24.4 Å². The molecule has 146 valence electrons. The molecule has 26 heavy (non-hydrogen) atoms. The van der Waals surface area contributed by atoms with Gasteiger partial charge < -0.3 is 16.3 Å². The van der Waals surface area contributed by atoms with E-state index in [1.54, 1.807) is 0 Å². The van der Waals surface area contributed by atoms with E-state index in [0.717, 1.165) is 30.9 Å². The van der Waals surface area contributed by atoms with E-state index in [1.807, 2.05) is 0 Å². The Morgan fingerprint density at radius 3 is 1.77 bits per heavy atom. The van der Waals surface area contributed by atoms with Crippen molar-refractivity contribution in [3.63, 3.8) is 0 Å². The van der Waals surface area contributed by atoms with Crippen molar-refractivity contribution in [2.24, 2.45) is 11.8 Å². The number of anilines is 1. The summed E-state index contributed by atoms with van der Waals surface area (Å²) in [5.41, 5.74) is 0. The van der Waals surface area contributed by atoms with Gasteiger partial charge in [-0.15, -0.1) is 0 Å². The van der Waals surface area contributed by atoms with Crippen LogP contribution in [0.5, 0.6) is 0 Å². The predicted molar refractivity (Wildman–Crippen MR) is 115 cm³/mol. The molecule has 0 aliphatic carbocycles. The molecule has 0 unspecified atom stereocenters. The molecule has 1 heterocycles. The molecule has 1 aromatic heterocycles. The number of aromatic amines is 2. The second-order valence-electron chi connectivity index (χ2n) is 7.79. The van der Waals surface area contributed by atoms with Crippen molar-refractivity contribution in [2.45, 2.75) is 79.1 Å². The smallest absolute Gasteiger partial charge is 1.00 e. The van der Waals surface area contributed by atoms with Crippen LogP contribution in [-0.2, 0) is 0 Å². The van der Waals surface area contributed by atoms with Crippen molar-refractivity contribution < 1.29 is 31.0 Å². The summed E-state index contributed by atoms with van der Waals surface area (Å²) < 4.78 is 1.02. The van der Waals surface area contributed by atoms with Gasteiger partial charge in [-0.25, -0.2) is 0 Å². The molecule has 0 aliphatic heterocycles. The molecule has 1 aromatic rings. The zero-order chi connectivity index (χ0) is 18.7. The van der Waals surface area contributed by atoms with Crippen molar-refractivity contribution in [3.05, 3.63) is 9.54 Å². The molecule has 1 rings (SSSR count). The van der Waals surface area contributed by atoms with Crippen LogP contribution in [0.4, 0.5) is 5.95 Å². The molecule has 0 saturated carbocycles. The molecule has 2 N–H and O–H groups in total. The quantitative estimate of drug-likeness (QED) is 0.298. The second kappa shape index (κ2) is 15.2. The summed E-state index contributed by atoms with van der Waals surface area (Å²) in [7, 11) is 0. The number of aromatic nitrogens is 3. The van der Waals surface area contributed by atoms with Crippen LogP contribution in [0.1, 0.15) is 80.5 Å². The van der Waals surface area contributed by atoms with E-state index < -0.39 is 0 Å². The van der Waals surface area contributed by atoms with E-state index >= 15 is 0 Å². The number of hydrogen-bond donors (Lipinski definition) is 2. The molecule has 0 atom stereocenters. The van der Waals surface area contributed by atoms with Gasteiger partial charge in [-0.05, 0) is 49.1 Å². The Kier molecular flexibility index (Phi) is 15.4. The Bertz CT molecular complexity index is 543. The van der Waals surface area contributed by atoms with Crippen LogP contribution in [-0.4, -0.2) is 28.0 Å². The van der Waals surface area contributed by atoms with Crippen LogP contribution in [0.25, 0.3) is 0 Å². The number of nitrogens with zero attached hydrogens (tertiary/aromatic N) is 2. The topological polar surface area (TPSA) is 47.7 Å². The third-order valence-electron chi connectivity index (χ3n) is 4.37. The molecule has 0 fully saturated rings. The largest absolute Gasteiger partial charge is 1.00 e. The van der Waals surface area contributed by atoms with Crippen LogP contribution in [0.15, 0.2) is 0 Å². The van der Waals surface area contributed by atoms with Crippen LogP contribution in [0.2, 0.25) is 0 Å². The summed E-state index contributed by atoms with van der Waals surface area (Å²) in [4.78, 5) is 12.8. The molecule has 0 aromatic carbocycles. The Morgan fingerprint density at radius 1 is 0.846 bits per heavy atom. The first-order valence-corrected chi connectivity index (χ1v) is 10.7. The maximum atomic E-state index is 5.23. The average Bonchev–Trinajstić information content (AvgIpc) is 2.50. The monoisotopic (exact) mass is 408 g/mol. The maximum absolute atomic E-state index is 5.23. The standard InChI is InChI=1S/C19H36N4S2.Na.H/c1-15(2)11-7-5-9-13-23(14-10-6-8-12-16(3)4)17-20-18(24)22-19(25)21-17;;/h15-16H,5-14H2,1-4H3,(H2,20,21,22,24,25);;/q;+1;-1. The number of unbranched alkanes of at least 4 members (excludes halogenated alkanes) is 4. The summed E-state index contributed by atoms with van der Waals surface area (Å²) in [6, 6.07) is 0. The van der Waals surface area contributed by atoms with E-state index in [2.05, 4.69) is 47.5 Å². The van der Waals surface area contributed by atoms with Gasteiger partial charge in [-0.1, -0.05) is 66.2 Å². The van der Waals surface area contributed by atoms with Crippen molar-refractivity contribution in [3.8, 4) is 0 Å². The fourth-order valence-corrected chi connectivity index (χ4v) is 3.36. The SMILES string of the molecule is CC(C)CCCCCN(CCCCCC(C)C)c1nc(=S)[nH]c(=S)[nH]1.[H-].[Na+]. The Hall–Kier alpha value is 0.250. The fraction of sp³-hybridized carbons (Fsp3) is 0.842. The van der Waals surface area contributed by atoms with Crippen LogP contribution in [0, 0.1) is 21.4 Å². The van der Waals surface area contributed by atoms with Crippen LogP contribution >= 0.6 is 24.4 Å². The zero-order valence-electron chi connectivity index (χ0n) is 18.4. The fourth-order valence-electron chi connectivity index (χ4n) is 2.92. The second-order valence-corrected chi connectivity index (χ2v) is 8.59. The van der Waals surface area contributed by atoms with Crippen molar-refractivity contribution in [2.75, 3.05) is 18.0 Å². The van der Waals surface area contributed by atoms with Crippen LogP contribution < -0.4 is 34.5 Å². The number of nitrogens with one attached hydrogen (secondary N) is 2. The Morgan fingerprint density at radius 2 is 1.35 bits per heavy atom. The molecule has 4 nitrogen and oxygen atoms in total. The molecule has 0 radical (unpaired) electrons. The van der Waals surface area contributed by atoms with Gasteiger partial charge in [0.1, 0.15) is 0 Å². The van der Waals surface area contributed by atoms with Gasteiger partial charge in [0.15, 0.2) is 4.77 Å².